The van der Waals surface area contributed by atoms with Crippen molar-refractivity contribution in [3.05, 3.63) is 96.1 Å². The lowest BCUT2D eigenvalue weighted by Gasteiger charge is -2.23. The van der Waals surface area contributed by atoms with Crippen LogP contribution in [0.15, 0.2) is 84.9 Å². The summed E-state index contributed by atoms with van der Waals surface area (Å²) in [6.07, 6.45) is 0. The van der Waals surface area contributed by atoms with Crippen molar-refractivity contribution in [2.24, 2.45) is 0 Å². The van der Waals surface area contributed by atoms with Gasteiger partial charge in [0.05, 0.1) is 19.8 Å². The predicted molar refractivity (Wildman–Crippen MR) is 115 cm³/mol. The van der Waals surface area contributed by atoms with Gasteiger partial charge in [-0.2, -0.15) is 0 Å². The fourth-order valence-corrected chi connectivity index (χ4v) is 2.88. The molecule has 29 heavy (non-hydrogen) atoms. The normalized spacial score (nSPS) is 10.6. The number of hydrogen-bond acceptors (Lipinski definition) is 4. The Labute approximate surface area is 171 Å². The molecule has 3 rings (SSSR count). The maximum atomic E-state index is 12.8. The lowest BCUT2D eigenvalue weighted by atomic mass is 10.2. The molecule has 0 atom stereocenters. The lowest BCUT2D eigenvalue weighted by Crippen LogP contribution is -2.36. The number of rotatable bonds is 10. The van der Waals surface area contributed by atoms with Crippen molar-refractivity contribution in [1.29, 1.82) is 0 Å². The molecule has 0 saturated heterocycles. The van der Waals surface area contributed by atoms with Crippen LogP contribution in [0.2, 0.25) is 0 Å². The zero-order valence-electron chi connectivity index (χ0n) is 16.4. The Kier molecular flexibility index (Phi) is 7.81. The summed E-state index contributed by atoms with van der Waals surface area (Å²) in [7, 11) is 0. The third kappa shape index (κ3) is 6.75. The summed E-state index contributed by atoms with van der Waals surface area (Å²) in [6, 6.07) is 27.0. The number of amides is 1. The molecule has 0 unspecified atom stereocenters. The molecule has 0 aliphatic carbocycles. The highest BCUT2D eigenvalue weighted by Gasteiger charge is 2.16. The largest absolute Gasteiger partial charge is 0.399 e. The molecule has 0 aromatic heterocycles. The number of nitrogens with zero attached hydrogens (tertiary/aromatic N) is 1. The van der Waals surface area contributed by atoms with Crippen molar-refractivity contribution < 1.29 is 14.3 Å². The second kappa shape index (κ2) is 11.0. The molecule has 0 heterocycles. The maximum absolute atomic E-state index is 12.8. The fourth-order valence-electron chi connectivity index (χ4n) is 2.88. The summed E-state index contributed by atoms with van der Waals surface area (Å²) < 4.78 is 11.4. The molecule has 0 aliphatic rings. The van der Waals surface area contributed by atoms with Crippen LogP contribution in [0.5, 0.6) is 0 Å². The van der Waals surface area contributed by atoms with Crippen LogP contribution in [0.1, 0.15) is 11.1 Å². The van der Waals surface area contributed by atoms with Gasteiger partial charge < -0.3 is 20.1 Å². The standard InChI is InChI=1S/C24H26N2O3/c25-22-11-13-23(14-12-22)26(15-16-28-17-20-7-3-1-4-8-20)24(27)19-29-18-21-9-5-2-6-10-21/h1-14H,15-19,25H2. The first-order chi connectivity index (χ1) is 14.2. The Balaban J connectivity index is 1.55. The van der Waals surface area contributed by atoms with Gasteiger partial charge in [-0.05, 0) is 35.4 Å². The molecule has 0 radical (unpaired) electrons. The molecule has 0 bridgehead atoms. The van der Waals surface area contributed by atoms with E-state index in [1.807, 2.05) is 72.8 Å². The smallest absolute Gasteiger partial charge is 0.253 e. The third-order valence-corrected chi connectivity index (χ3v) is 4.41. The first-order valence-electron chi connectivity index (χ1n) is 9.61. The van der Waals surface area contributed by atoms with Crippen LogP contribution in [0.4, 0.5) is 11.4 Å². The highest BCUT2D eigenvalue weighted by Crippen LogP contribution is 2.17. The zero-order valence-corrected chi connectivity index (χ0v) is 16.4. The SMILES string of the molecule is Nc1ccc(N(CCOCc2ccccc2)C(=O)COCc2ccccc2)cc1. The van der Waals surface area contributed by atoms with E-state index in [4.69, 9.17) is 15.2 Å². The first kappa shape index (κ1) is 20.6. The van der Waals surface area contributed by atoms with Crippen LogP contribution in [-0.4, -0.2) is 25.7 Å². The second-order valence-electron chi connectivity index (χ2n) is 6.65. The van der Waals surface area contributed by atoms with Gasteiger partial charge in [-0.3, -0.25) is 4.79 Å². The molecule has 1 amide bonds. The van der Waals surface area contributed by atoms with Gasteiger partial charge in [0.1, 0.15) is 6.61 Å². The Morgan fingerprint density at radius 3 is 1.90 bits per heavy atom. The minimum atomic E-state index is -0.117. The van der Waals surface area contributed by atoms with Gasteiger partial charge >= 0.3 is 0 Å². The molecular weight excluding hydrogens is 364 g/mol. The molecular formula is C24H26N2O3. The molecule has 3 aromatic rings. The van der Waals surface area contributed by atoms with Crippen LogP contribution in [-0.2, 0) is 27.5 Å². The van der Waals surface area contributed by atoms with E-state index in [1.165, 1.54) is 0 Å². The van der Waals surface area contributed by atoms with E-state index in [2.05, 4.69) is 0 Å². The van der Waals surface area contributed by atoms with E-state index >= 15 is 0 Å². The number of anilines is 2. The Morgan fingerprint density at radius 2 is 1.31 bits per heavy atom. The van der Waals surface area contributed by atoms with Gasteiger partial charge in [0.2, 0.25) is 0 Å². The van der Waals surface area contributed by atoms with Crippen LogP contribution in [0.25, 0.3) is 0 Å². The molecule has 3 aromatic carbocycles. The van der Waals surface area contributed by atoms with Gasteiger partial charge in [-0.15, -0.1) is 0 Å². The number of carbonyl (C=O) groups excluding carboxylic acids is 1. The number of nitrogen functional groups attached to an aromatic ring is 1. The molecule has 150 valence electrons. The van der Waals surface area contributed by atoms with E-state index in [9.17, 15) is 4.79 Å². The zero-order chi connectivity index (χ0) is 20.3. The van der Waals surface area contributed by atoms with Gasteiger partial charge in [0, 0.05) is 17.9 Å². The summed E-state index contributed by atoms with van der Waals surface area (Å²) >= 11 is 0. The molecule has 0 saturated carbocycles. The van der Waals surface area contributed by atoms with Crippen LogP contribution < -0.4 is 10.6 Å². The summed E-state index contributed by atoms with van der Waals surface area (Å²) in [6.45, 7) is 1.76. The topological polar surface area (TPSA) is 64.8 Å². The van der Waals surface area contributed by atoms with Gasteiger partial charge in [-0.25, -0.2) is 0 Å². The molecule has 0 fully saturated rings. The molecule has 5 heteroatoms. The van der Waals surface area contributed by atoms with E-state index in [-0.39, 0.29) is 12.5 Å². The number of ether oxygens (including phenoxy) is 2. The summed E-state index contributed by atoms with van der Waals surface area (Å²) in [4.78, 5) is 14.5. The van der Waals surface area contributed by atoms with E-state index in [0.717, 1.165) is 16.8 Å². The Morgan fingerprint density at radius 1 is 0.759 bits per heavy atom. The van der Waals surface area contributed by atoms with Crippen molar-refractivity contribution in [2.45, 2.75) is 13.2 Å². The summed E-state index contributed by atoms with van der Waals surface area (Å²) in [5, 5.41) is 0. The monoisotopic (exact) mass is 390 g/mol. The highest BCUT2D eigenvalue weighted by molar-refractivity contribution is 5.94. The summed E-state index contributed by atoms with van der Waals surface area (Å²) in [5.74, 6) is -0.117. The minimum absolute atomic E-state index is 0.00203. The Bertz CT molecular complexity index is 868. The molecule has 5 nitrogen and oxygen atoms in total. The molecule has 0 aliphatic heterocycles. The van der Waals surface area contributed by atoms with Crippen LogP contribution >= 0.6 is 0 Å². The lowest BCUT2D eigenvalue weighted by molar-refractivity contribution is -0.123. The summed E-state index contributed by atoms with van der Waals surface area (Å²) in [5.41, 5.74) is 9.34. The number of hydrogen-bond donors (Lipinski definition) is 1. The Hall–Kier alpha value is -3.15. The van der Waals surface area contributed by atoms with Gasteiger partial charge in [0.15, 0.2) is 0 Å². The van der Waals surface area contributed by atoms with Crippen molar-refractivity contribution >= 4 is 17.3 Å². The number of benzene rings is 3. The second-order valence-corrected chi connectivity index (χ2v) is 6.65. The van der Waals surface area contributed by atoms with Crippen molar-refractivity contribution in [3.63, 3.8) is 0 Å². The molecule has 0 spiro atoms. The van der Waals surface area contributed by atoms with E-state index in [1.54, 1.807) is 17.0 Å². The average molecular weight is 390 g/mol. The fraction of sp³-hybridized carbons (Fsp3) is 0.208. The average Bonchev–Trinajstić information content (AvgIpc) is 2.76. The van der Waals surface area contributed by atoms with Crippen molar-refractivity contribution in [3.8, 4) is 0 Å². The predicted octanol–water partition coefficient (Wildman–Crippen LogP) is 4.04. The maximum Gasteiger partial charge on any atom is 0.253 e. The number of nitrogens with two attached hydrogens (primary N) is 1. The van der Waals surface area contributed by atoms with Crippen LogP contribution in [0.3, 0.4) is 0 Å². The van der Waals surface area contributed by atoms with Crippen molar-refractivity contribution in [2.75, 3.05) is 30.4 Å². The highest BCUT2D eigenvalue weighted by atomic mass is 16.5. The van der Waals surface area contributed by atoms with Crippen molar-refractivity contribution in [1.82, 2.24) is 0 Å². The quantitative estimate of drug-likeness (QED) is 0.419. The first-order valence-corrected chi connectivity index (χ1v) is 9.61. The van der Waals surface area contributed by atoms with E-state index in [0.29, 0.717) is 32.1 Å². The van der Waals surface area contributed by atoms with Crippen LogP contribution in [0, 0.1) is 0 Å². The van der Waals surface area contributed by atoms with Gasteiger partial charge in [-0.1, -0.05) is 60.7 Å². The minimum Gasteiger partial charge on any atom is -0.399 e. The van der Waals surface area contributed by atoms with Gasteiger partial charge in [0.25, 0.3) is 5.91 Å². The molecule has 2 N–H and O–H groups in total. The number of carbonyl (C=O) groups is 1. The third-order valence-electron chi connectivity index (χ3n) is 4.41. The van der Waals surface area contributed by atoms with E-state index < -0.39 is 0 Å².